The molecular weight excluding hydrogens is 1710 g/mol. The molecule has 0 amide bonds. The van der Waals surface area contributed by atoms with E-state index < -0.39 is 0 Å². The first kappa shape index (κ1) is 94.3. The molecular formula is C119H111N3O15. The summed E-state index contributed by atoms with van der Waals surface area (Å²) in [7, 11) is 0. The van der Waals surface area contributed by atoms with Gasteiger partial charge in [-0.15, -0.1) is 0 Å². The molecule has 2 aliphatic carbocycles. The molecule has 13 aromatic carbocycles. The molecule has 0 aromatic heterocycles. The fraction of sp³-hybridized carbons (Fsp3) is 0.202. The van der Waals surface area contributed by atoms with Gasteiger partial charge in [-0.2, -0.15) is 0 Å². The highest BCUT2D eigenvalue weighted by Gasteiger charge is 2.24. The molecule has 0 radical (unpaired) electrons. The Kier molecular flexibility index (Phi) is 28.7. The lowest BCUT2D eigenvalue weighted by Gasteiger charge is -2.18. The highest BCUT2D eigenvalue weighted by atomic mass is 16.5. The Labute approximate surface area is 797 Å². The standard InChI is InChI=1S/C32H30O4.C24H23NO3.C24H22O3.C23H21NO3.C16H15NO2/c1-19(2)35-29-13-7-23(15-22(29)5)18-34-25-9-12-28-31(17-25)36-30-16-24(33)8-11-27(30)32(28)26-10-6-20(3)14-21(26)4;1-15(2)27-22-10-6-18(12-17(22)4)14-26-19-7-9-21-24(13-19)28-23-11-16(3)5-8-20(23)25-21;1-14(2)26-18-7-10-21-23(13-18)27-22-12-17(25)6-9-20(22)24(21)19-8-5-15(3)11-16(19)4;1-15(2)26-18-7-5-17(6-8-18)14-25-19-9-11-21-23(13-19)27-22-12-16(3)4-10-20(22)24-21;1-10(2)18-12-5-7-14-16(9-12)19-15-8-11(3)4-6-13(15)17-14/h6-17,19H,18H2,1-5H3;5-13,15H,3,14H2,1-2,4H3;5-14H,1-4H3;4-13,15H,3,14H2,1-2H3;4-10H,3H2,1-2H3. The van der Waals surface area contributed by atoms with Crippen LogP contribution in [0.2, 0.25) is 0 Å². The molecule has 0 unspecified atom stereocenters. The second kappa shape index (κ2) is 41.7. The zero-order valence-corrected chi connectivity index (χ0v) is 80.2. The van der Waals surface area contributed by atoms with Crippen molar-refractivity contribution in [2.45, 2.75) is 161 Å². The molecule has 20 rings (SSSR count). The van der Waals surface area contributed by atoms with Gasteiger partial charge >= 0.3 is 0 Å². The van der Waals surface area contributed by atoms with Gasteiger partial charge in [0.15, 0.2) is 45.4 Å². The number of ether oxygens (including phenoxy) is 11. The number of aryl methyl sites for hydroxylation is 6. The van der Waals surface area contributed by atoms with Gasteiger partial charge in [0.05, 0.1) is 30.5 Å². The van der Waals surface area contributed by atoms with Crippen LogP contribution < -0.4 is 94.7 Å². The minimum atomic E-state index is -0.0788. The van der Waals surface area contributed by atoms with Crippen molar-refractivity contribution >= 4 is 58.7 Å². The molecule has 0 N–H and O–H groups in total. The molecule has 5 heterocycles. The molecule has 0 saturated carbocycles. The third-order valence-electron chi connectivity index (χ3n) is 22.3. The molecule has 692 valence electrons. The third kappa shape index (κ3) is 23.5. The lowest BCUT2D eigenvalue weighted by molar-refractivity contribution is 0.240. The van der Waals surface area contributed by atoms with Gasteiger partial charge < -0.3 is 60.9 Å². The van der Waals surface area contributed by atoms with Gasteiger partial charge in [-0.3, -0.25) is 9.59 Å². The number of hydrogen-bond donors (Lipinski definition) is 0. The van der Waals surface area contributed by atoms with Gasteiger partial charge in [0, 0.05) is 75.5 Å². The van der Waals surface area contributed by atoms with Crippen molar-refractivity contribution in [2.24, 2.45) is 15.0 Å². The van der Waals surface area contributed by atoms with Crippen molar-refractivity contribution in [3.8, 4) is 125 Å². The van der Waals surface area contributed by atoms with Gasteiger partial charge in [0.1, 0.15) is 122 Å². The molecule has 0 saturated heterocycles. The second-order valence-electron chi connectivity index (χ2n) is 35.7. The van der Waals surface area contributed by atoms with Crippen LogP contribution in [0.3, 0.4) is 0 Å². The molecule has 7 aliphatic rings. The Hall–Kier alpha value is -16.0. The fourth-order valence-corrected chi connectivity index (χ4v) is 16.2. The number of fused-ring (bicyclic) bond motifs is 10. The predicted octanol–water partition coefficient (Wildman–Crippen LogP) is 26.1. The summed E-state index contributed by atoms with van der Waals surface area (Å²) < 4.78 is 76.9. The van der Waals surface area contributed by atoms with Crippen molar-refractivity contribution in [2.75, 3.05) is 0 Å². The first-order chi connectivity index (χ1) is 65.8. The Morgan fingerprint density at radius 2 is 0.606 bits per heavy atom. The van der Waals surface area contributed by atoms with Crippen LogP contribution in [0.15, 0.2) is 312 Å². The van der Waals surface area contributed by atoms with Crippen molar-refractivity contribution in [1.82, 2.24) is 0 Å². The smallest absolute Gasteiger partial charge is 0.182 e. The lowest BCUT2D eigenvalue weighted by atomic mass is 9.90. The number of benzene rings is 15. The topological polar surface area (TPSA) is 199 Å². The molecule has 13 aromatic rings. The van der Waals surface area contributed by atoms with E-state index >= 15 is 0 Å². The van der Waals surface area contributed by atoms with E-state index in [9.17, 15) is 9.59 Å². The first-order valence-corrected chi connectivity index (χ1v) is 46.0. The van der Waals surface area contributed by atoms with Crippen molar-refractivity contribution in [3.63, 3.8) is 0 Å². The highest BCUT2D eigenvalue weighted by molar-refractivity contribution is 6.04. The SMILES string of the molecule is C=c1ccc2c(c1)Oc1cc(OC(C)C)ccc1N=2.C=c1ccc2c(c1)Oc1cc(OCc3ccc(OC(C)C)c(C)c3)ccc1N=2.C=c1ccc2c(c1)Oc1cc(OCc3ccc(OC(C)C)cc3)ccc1N=2.Cc1ccc(-c2c3ccc(=O)cc-3oc3cc(OC(C)C)ccc23)c(C)c1.Cc1ccc(-c2c3ccc(=O)cc-3oc3cc(OCc4ccc(OC(C)C)c(C)c4)ccc23)c(C)c1. The van der Waals surface area contributed by atoms with E-state index in [2.05, 4.69) is 111 Å². The minimum Gasteiger partial charge on any atom is -0.491 e. The largest absolute Gasteiger partial charge is 0.491 e. The van der Waals surface area contributed by atoms with Gasteiger partial charge in [-0.1, -0.05) is 110 Å². The van der Waals surface area contributed by atoms with E-state index in [1.165, 1.54) is 22.3 Å². The van der Waals surface area contributed by atoms with Crippen LogP contribution in [-0.2, 0) is 19.8 Å². The number of hydrogen-bond acceptors (Lipinski definition) is 18. The lowest BCUT2D eigenvalue weighted by Crippen LogP contribution is -2.13. The monoisotopic (exact) mass is 1820 g/mol. The Morgan fingerprint density at radius 3 is 1.00 bits per heavy atom. The summed E-state index contributed by atoms with van der Waals surface area (Å²) in [4.78, 5) is 37.8. The van der Waals surface area contributed by atoms with E-state index in [-0.39, 0.29) is 41.4 Å². The molecule has 0 atom stereocenters. The van der Waals surface area contributed by atoms with Crippen LogP contribution in [0.5, 0.6) is 80.5 Å². The summed E-state index contributed by atoms with van der Waals surface area (Å²) in [6, 6.07) is 89.1. The van der Waals surface area contributed by atoms with Crippen molar-refractivity contribution < 1.29 is 60.9 Å². The van der Waals surface area contributed by atoms with Gasteiger partial charge in [0.2, 0.25) is 0 Å². The Balaban J connectivity index is 0.000000126. The predicted molar refractivity (Wildman–Crippen MR) is 545 cm³/mol. The molecule has 5 aliphatic heterocycles. The van der Waals surface area contributed by atoms with Crippen LogP contribution in [0, 0.1) is 41.5 Å². The molecule has 0 spiro atoms. The zero-order chi connectivity index (χ0) is 96.4. The Morgan fingerprint density at radius 1 is 0.277 bits per heavy atom. The van der Waals surface area contributed by atoms with E-state index in [1.54, 1.807) is 24.3 Å². The van der Waals surface area contributed by atoms with Crippen molar-refractivity contribution in [3.05, 3.63) is 381 Å². The van der Waals surface area contributed by atoms with Gasteiger partial charge in [-0.05, 0) is 334 Å². The quantitative estimate of drug-likeness (QED) is 0.0615. The summed E-state index contributed by atoms with van der Waals surface area (Å²) in [5.41, 5.74) is 20.1. The highest BCUT2D eigenvalue weighted by Crippen LogP contribution is 2.46. The summed E-state index contributed by atoms with van der Waals surface area (Å²) in [5, 5.41) is 7.13. The van der Waals surface area contributed by atoms with Crippen LogP contribution in [-0.4, -0.2) is 30.5 Å². The molecule has 18 nitrogen and oxygen atoms in total. The van der Waals surface area contributed by atoms with Crippen LogP contribution in [0.25, 0.3) is 86.6 Å². The maximum Gasteiger partial charge on any atom is 0.182 e. The summed E-state index contributed by atoms with van der Waals surface area (Å²) in [6.07, 6.45) is 0.672. The van der Waals surface area contributed by atoms with Crippen molar-refractivity contribution in [1.29, 1.82) is 0 Å². The minimum absolute atomic E-state index is 0.0632. The number of rotatable bonds is 21. The average molecular weight is 1820 g/mol. The van der Waals surface area contributed by atoms with E-state index in [4.69, 9.17) is 60.9 Å². The second-order valence-corrected chi connectivity index (χ2v) is 35.7. The third-order valence-corrected chi connectivity index (χ3v) is 22.3. The molecule has 0 fully saturated rings. The zero-order valence-electron chi connectivity index (χ0n) is 80.2. The molecule has 18 heteroatoms. The molecule has 0 bridgehead atoms. The normalized spacial score (nSPS) is 11.7. The average Bonchev–Trinajstić information content (AvgIpc) is 0.750. The van der Waals surface area contributed by atoms with Crippen LogP contribution >= 0.6 is 0 Å². The van der Waals surface area contributed by atoms with E-state index in [0.29, 0.717) is 71.3 Å². The summed E-state index contributed by atoms with van der Waals surface area (Å²) in [5.74, 6) is 11.8. The maximum absolute atomic E-state index is 12.1. The van der Waals surface area contributed by atoms with E-state index in [1.807, 2.05) is 289 Å². The fourth-order valence-electron chi connectivity index (χ4n) is 16.2. The summed E-state index contributed by atoms with van der Waals surface area (Å²) >= 11 is 0. The van der Waals surface area contributed by atoms with Gasteiger partial charge in [-0.25, -0.2) is 15.0 Å². The number of nitrogens with zero attached hydrogens (tertiary/aromatic N) is 3. The summed E-state index contributed by atoms with van der Waals surface area (Å²) in [6.45, 7) is 45.7. The van der Waals surface area contributed by atoms with Gasteiger partial charge in [0.25, 0.3) is 0 Å². The first-order valence-electron chi connectivity index (χ1n) is 46.0. The van der Waals surface area contributed by atoms with E-state index in [0.717, 1.165) is 173 Å². The van der Waals surface area contributed by atoms with Crippen LogP contribution in [0.4, 0.5) is 17.1 Å². The van der Waals surface area contributed by atoms with Crippen LogP contribution in [0.1, 0.15) is 119 Å². The Bertz CT molecular complexity index is 7810. The molecule has 137 heavy (non-hydrogen) atoms. The maximum atomic E-state index is 12.1.